The first-order valence-corrected chi connectivity index (χ1v) is 7.50. The number of hydrogen-bond donors (Lipinski definition) is 0. The molecule has 0 aromatic carbocycles. The van der Waals surface area contributed by atoms with Crippen LogP contribution in [0.15, 0.2) is 12.2 Å². The van der Waals surface area contributed by atoms with Gasteiger partial charge in [0.2, 0.25) is 0 Å². The largest absolute Gasteiger partial charge is 0.404 e. The molecule has 0 spiro atoms. The lowest BCUT2D eigenvalue weighted by Gasteiger charge is -2.29. The van der Waals surface area contributed by atoms with Crippen LogP contribution >= 0.6 is 0 Å². The molecule has 0 amide bonds. The lowest BCUT2D eigenvalue weighted by molar-refractivity contribution is -0.345. The maximum atomic E-state index is 11.6. The molecule has 0 radical (unpaired) electrons. The minimum atomic E-state index is -1.28. The molecule has 4 heteroatoms. The molecule has 0 aliphatic rings. The molecule has 0 aromatic heterocycles. The van der Waals surface area contributed by atoms with Gasteiger partial charge < -0.3 is 14.2 Å². The fourth-order valence-electron chi connectivity index (χ4n) is 1.95. The van der Waals surface area contributed by atoms with E-state index in [1.807, 2.05) is 0 Å². The lowest BCUT2D eigenvalue weighted by Crippen LogP contribution is -2.39. The number of ether oxygens (including phenoxy) is 3. The third-order valence-electron chi connectivity index (χ3n) is 3.31. The van der Waals surface area contributed by atoms with Crippen molar-refractivity contribution >= 4 is 5.97 Å². The molecule has 0 saturated heterocycles. The number of hydrogen-bond acceptors (Lipinski definition) is 4. The highest BCUT2D eigenvalue weighted by Crippen LogP contribution is 2.23. The predicted molar refractivity (Wildman–Crippen MR) is 80.3 cm³/mol. The number of carbonyl (C=O) groups is 1. The summed E-state index contributed by atoms with van der Waals surface area (Å²) in [5.41, 5.74) is 0.336. The molecular weight excluding hydrogens is 256 g/mol. The van der Waals surface area contributed by atoms with Crippen molar-refractivity contribution < 1.29 is 19.0 Å². The van der Waals surface area contributed by atoms with Gasteiger partial charge in [0, 0.05) is 26.2 Å². The second kappa shape index (κ2) is 10.9. The molecule has 118 valence electrons. The van der Waals surface area contributed by atoms with Crippen LogP contribution in [0.25, 0.3) is 0 Å². The highest BCUT2D eigenvalue weighted by Gasteiger charge is 2.34. The topological polar surface area (TPSA) is 44.8 Å². The second-order valence-corrected chi connectivity index (χ2v) is 5.13. The zero-order valence-electron chi connectivity index (χ0n) is 13.5. The number of methoxy groups -OCH3 is 2. The minimum Gasteiger partial charge on any atom is -0.404 e. The van der Waals surface area contributed by atoms with Crippen molar-refractivity contribution in [1.29, 1.82) is 0 Å². The molecule has 0 aliphatic heterocycles. The number of rotatable bonds is 12. The van der Waals surface area contributed by atoms with E-state index in [1.165, 1.54) is 46.3 Å². The van der Waals surface area contributed by atoms with Crippen LogP contribution in [-0.4, -0.2) is 26.2 Å². The highest BCUT2D eigenvalue weighted by molar-refractivity contribution is 5.87. The van der Waals surface area contributed by atoms with Crippen LogP contribution in [0.2, 0.25) is 0 Å². The molecule has 0 aromatic rings. The van der Waals surface area contributed by atoms with Gasteiger partial charge >= 0.3 is 11.9 Å². The van der Waals surface area contributed by atoms with Gasteiger partial charge in [-0.3, -0.25) is 0 Å². The molecule has 0 N–H and O–H groups in total. The molecule has 0 fully saturated rings. The van der Waals surface area contributed by atoms with Crippen molar-refractivity contribution in [2.75, 3.05) is 14.2 Å². The average molecular weight is 286 g/mol. The molecule has 0 unspecified atom stereocenters. The molecular formula is C16H30O4. The highest BCUT2D eigenvalue weighted by atomic mass is 16.9. The van der Waals surface area contributed by atoms with Crippen LogP contribution in [0.4, 0.5) is 0 Å². The summed E-state index contributed by atoms with van der Waals surface area (Å²) >= 11 is 0. The van der Waals surface area contributed by atoms with Gasteiger partial charge in [-0.05, 0) is 13.3 Å². The first kappa shape index (κ1) is 19.1. The first-order chi connectivity index (χ1) is 9.51. The predicted octanol–water partition coefficient (Wildman–Crippen LogP) is 4.19. The van der Waals surface area contributed by atoms with E-state index in [0.29, 0.717) is 12.0 Å². The summed E-state index contributed by atoms with van der Waals surface area (Å²) in [6.45, 7) is 7.37. The SMILES string of the molecule is C=C(C)C(=O)OC(CCCCCCCCC)(OC)OC. The zero-order chi connectivity index (χ0) is 15.4. The Morgan fingerprint density at radius 3 is 1.95 bits per heavy atom. The van der Waals surface area contributed by atoms with E-state index in [9.17, 15) is 4.79 Å². The molecule has 4 nitrogen and oxygen atoms in total. The van der Waals surface area contributed by atoms with Gasteiger partial charge in [-0.15, -0.1) is 0 Å². The van der Waals surface area contributed by atoms with Gasteiger partial charge in [0.1, 0.15) is 0 Å². The van der Waals surface area contributed by atoms with Crippen LogP contribution in [0.5, 0.6) is 0 Å². The number of unbranched alkanes of at least 4 members (excludes halogenated alkanes) is 6. The van der Waals surface area contributed by atoms with Crippen molar-refractivity contribution in [2.24, 2.45) is 0 Å². The Labute approximate surface area is 123 Å². The standard InChI is InChI=1S/C16H30O4/c1-6-7-8-9-10-11-12-13-16(18-4,19-5)20-15(17)14(2)3/h2,6-13H2,1,3-5H3. The van der Waals surface area contributed by atoms with E-state index < -0.39 is 11.9 Å². The van der Waals surface area contributed by atoms with E-state index in [-0.39, 0.29) is 0 Å². The molecule has 0 atom stereocenters. The lowest BCUT2D eigenvalue weighted by atomic mass is 10.1. The quantitative estimate of drug-likeness (QED) is 0.233. The third kappa shape index (κ3) is 7.65. The molecule has 0 heterocycles. The van der Waals surface area contributed by atoms with Crippen molar-refractivity contribution in [2.45, 2.75) is 71.2 Å². The Bertz CT molecular complexity index is 282. The smallest absolute Gasteiger partial charge is 0.337 e. The summed E-state index contributed by atoms with van der Waals surface area (Å²) < 4.78 is 15.8. The number of carbonyl (C=O) groups excluding carboxylic acids is 1. The van der Waals surface area contributed by atoms with E-state index >= 15 is 0 Å². The summed E-state index contributed by atoms with van der Waals surface area (Å²) in [6, 6.07) is 0. The van der Waals surface area contributed by atoms with Gasteiger partial charge in [0.05, 0.1) is 0 Å². The van der Waals surface area contributed by atoms with E-state index in [4.69, 9.17) is 14.2 Å². The number of esters is 1. The zero-order valence-corrected chi connectivity index (χ0v) is 13.5. The van der Waals surface area contributed by atoms with Gasteiger partial charge in [-0.1, -0.05) is 52.0 Å². The summed E-state index contributed by atoms with van der Waals surface area (Å²) in [5, 5.41) is 0. The third-order valence-corrected chi connectivity index (χ3v) is 3.31. The van der Waals surface area contributed by atoms with Gasteiger partial charge in [0.15, 0.2) is 0 Å². The van der Waals surface area contributed by atoms with Crippen molar-refractivity contribution in [3.63, 3.8) is 0 Å². The maximum absolute atomic E-state index is 11.6. The summed E-state index contributed by atoms with van der Waals surface area (Å²) in [6.07, 6.45) is 8.82. The Balaban J connectivity index is 4.07. The summed E-state index contributed by atoms with van der Waals surface area (Å²) in [5.74, 6) is -1.77. The monoisotopic (exact) mass is 286 g/mol. The van der Waals surface area contributed by atoms with Gasteiger partial charge in [-0.2, -0.15) is 0 Å². The van der Waals surface area contributed by atoms with Crippen LogP contribution in [0.1, 0.15) is 65.2 Å². The minimum absolute atomic E-state index is 0.336. The van der Waals surface area contributed by atoms with Crippen LogP contribution in [0.3, 0.4) is 0 Å². The van der Waals surface area contributed by atoms with Crippen molar-refractivity contribution in [3.05, 3.63) is 12.2 Å². The average Bonchev–Trinajstić information content (AvgIpc) is 2.44. The first-order valence-electron chi connectivity index (χ1n) is 7.50. The van der Waals surface area contributed by atoms with E-state index in [0.717, 1.165) is 12.8 Å². The Morgan fingerprint density at radius 2 is 1.50 bits per heavy atom. The van der Waals surface area contributed by atoms with Crippen LogP contribution in [-0.2, 0) is 19.0 Å². The Kier molecular flexibility index (Phi) is 10.4. The molecule has 0 aliphatic carbocycles. The summed E-state index contributed by atoms with van der Waals surface area (Å²) in [4.78, 5) is 11.6. The fraction of sp³-hybridized carbons (Fsp3) is 0.812. The molecule has 0 saturated carbocycles. The molecule has 0 rings (SSSR count). The second-order valence-electron chi connectivity index (χ2n) is 5.13. The normalized spacial score (nSPS) is 11.4. The molecule has 0 bridgehead atoms. The Morgan fingerprint density at radius 1 is 1.00 bits per heavy atom. The van der Waals surface area contributed by atoms with Gasteiger partial charge in [-0.25, -0.2) is 4.79 Å². The summed E-state index contributed by atoms with van der Waals surface area (Å²) in [7, 11) is 2.97. The van der Waals surface area contributed by atoms with Crippen molar-refractivity contribution in [1.82, 2.24) is 0 Å². The Hall–Kier alpha value is -0.870. The fourth-order valence-corrected chi connectivity index (χ4v) is 1.95. The van der Waals surface area contributed by atoms with Gasteiger partial charge in [0.25, 0.3) is 0 Å². The molecule has 20 heavy (non-hydrogen) atoms. The maximum Gasteiger partial charge on any atom is 0.337 e. The van der Waals surface area contributed by atoms with E-state index in [1.54, 1.807) is 6.92 Å². The van der Waals surface area contributed by atoms with Crippen LogP contribution in [0, 0.1) is 0 Å². The van der Waals surface area contributed by atoms with Crippen LogP contribution < -0.4 is 0 Å². The van der Waals surface area contributed by atoms with E-state index in [2.05, 4.69) is 13.5 Å². The van der Waals surface area contributed by atoms with Crippen molar-refractivity contribution in [3.8, 4) is 0 Å².